The van der Waals surface area contributed by atoms with Crippen LogP contribution in [0.5, 0.6) is 0 Å². The summed E-state index contributed by atoms with van der Waals surface area (Å²) in [6.45, 7) is 10.1. The first kappa shape index (κ1) is 16.9. The molecule has 130 valence electrons. The van der Waals surface area contributed by atoms with Crippen molar-refractivity contribution in [3.63, 3.8) is 0 Å². The van der Waals surface area contributed by atoms with E-state index in [-0.39, 0.29) is 17.2 Å². The van der Waals surface area contributed by atoms with Crippen molar-refractivity contribution in [2.45, 2.75) is 59.3 Å². The van der Waals surface area contributed by atoms with E-state index in [1.165, 1.54) is 0 Å². The van der Waals surface area contributed by atoms with Crippen molar-refractivity contribution in [2.24, 2.45) is 11.3 Å². The number of fused-ring (bicyclic) bond motifs is 1. The Morgan fingerprint density at radius 2 is 2.00 bits per heavy atom. The van der Waals surface area contributed by atoms with Crippen molar-refractivity contribution in [1.29, 1.82) is 0 Å². The number of nitrogens with zero attached hydrogens (tertiary/aromatic N) is 2. The van der Waals surface area contributed by atoms with E-state index in [4.69, 9.17) is 4.84 Å². The van der Waals surface area contributed by atoms with Crippen LogP contribution < -0.4 is 5.06 Å². The lowest BCUT2D eigenvalue weighted by atomic mass is 9.91. The lowest BCUT2D eigenvalue weighted by Gasteiger charge is -2.24. The van der Waals surface area contributed by atoms with Gasteiger partial charge < -0.3 is 4.84 Å². The standard InChI is InChI=1S/C19H26N2O3/c1-18(2,3)17(23)24-21-11-19(4,5)16-14(21)9-13(10-20-16)15(22)8-12-6-7-12/h9-10,12H,6-8,11H2,1-5H3. The van der Waals surface area contributed by atoms with Crippen LogP contribution in [0.3, 0.4) is 0 Å². The van der Waals surface area contributed by atoms with Crippen molar-refractivity contribution in [3.8, 4) is 0 Å². The molecule has 1 aliphatic carbocycles. The van der Waals surface area contributed by atoms with Crippen LogP contribution in [0.15, 0.2) is 12.3 Å². The van der Waals surface area contributed by atoms with Gasteiger partial charge in [0.25, 0.3) is 0 Å². The number of pyridine rings is 1. The molecule has 0 atom stereocenters. The van der Waals surface area contributed by atoms with E-state index in [2.05, 4.69) is 18.8 Å². The average molecular weight is 330 g/mol. The van der Waals surface area contributed by atoms with E-state index in [1.54, 1.807) is 11.3 Å². The second kappa shape index (κ2) is 5.57. The molecule has 24 heavy (non-hydrogen) atoms. The summed E-state index contributed by atoms with van der Waals surface area (Å²) in [4.78, 5) is 34.8. The molecule has 0 aromatic carbocycles. The Morgan fingerprint density at radius 1 is 1.33 bits per heavy atom. The van der Waals surface area contributed by atoms with Crippen LogP contribution in [0.4, 0.5) is 5.69 Å². The fourth-order valence-corrected chi connectivity index (χ4v) is 2.86. The second-order valence-corrected chi connectivity index (χ2v) is 8.71. The predicted octanol–water partition coefficient (Wildman–Crippen LogP) is 3.67. The van der Waals surface area contributed by atoms with Crippen LogP contribution in [-0.2, 0) is 15.0 Å². The van der Waals surface area contributed by atoms with Gasteiger partial charge in [-0.3, -0.25) is 9.78 Å². The number of hydrogen-bond donors (Lipinski definition) is 0. The molecule has 0 saturated heterocycles. The fourth-order valence-electron chi connectivity index (χ4n) is 2.86. The molecule has 5 nitrogen and oxygen atoms in total. The van der Waals surface area contributed by atoms with Crippen LogP contribution in [0.1, 0.15) is 69.9 Å². The van der Waals surface area contributed by atoms with Gasteiger partial charge in [0.1, 0.15) is 0 Å². The van der Waals surface area contributed by atoms with Crippen LogP contribution in [0.2, 0.25) is 0 Å². The lowest BCUT2D eigenvalue weighted by molar-refractivity contribution is -0.154. The Balaban J connectivity index is 1.87. The zero-order valence-corrected chi connectivity index (χ0v) is 15.2. The summed E-state index contributed by atoms with van der Waals surface area (Å²) < 4.78 is 0. The van der Waals surface area contributed by atoms with Crippen molar-refractivity contribution in [2.75, 3.05) is 11.6 Å². The third-order valence-corrected chi connectivity index (χ3v) is 4.61. The van der Waals surface area contributed by atoms with Crippen LogP contribution in [0.25, 0.3) is 0 Å². The monoisotopic (exact) mass is 330 g/mol. The molecule has 1 aromatic heterocycles. The summed E-state index contributed by atoms with van der Waals surface area (Å²) in [6, 6.07) is 1.83. The Morgan fingerprint density at radius 3 is 2.58 bits per heavy atom. The molecule has 5 heteroatoms. The molecule has 0 amide bonds. The van der Waals surface area contributed by atoms with Crippen molar-refractivity contribution in [3.05, 3.63) is 23.5 Å². The topological polar surface area (TPSA) is 59.5 Å². The largest absolute Gasteiger partial charge is 0.340 e. The Labute approximate surface area is 143 Å². The molecular weight excluding hydrogens is 304 g/mol. The van der Waals surface area contributed by atoms with Crippen molar-refractivity contribution in [1.82, 2.24) is 4.98 Å². The first-order valence-corrected chi connectivity index (χ1v) is 8.61. The van der Waals surface area contributed by atoms with Gasteiger partial charge >= 0.3 is 5.97 Å². The van der Waals surface area contributed by atoms with E-state index >= 15 is 0 Å². The normalized spacial score (nSPS) is 19.1. The smallest absolute Gasteiger partial charge is 0.337 e. The zero-order valence-electron chi connectivity index (χ0n) is 15.2. The van der Waals surface area contributed by atoms with Gasteiger partial charge in [0.15, 0.2) is 5.78 Å². The predicted molar refractivity (Wildman–Crippen MR) is 91.8 cm³/mol. The minimum absolute atomic E-state index is 0.125. The molecule has 2 heterocycles. The van der Waals surface area contributed by atoms with Gasteiger partial charge in [0.05, 0.1) is 23.3 Å². The number of hydrogen-bond acceptors (Lipinski definition) is 5. The first-order chi connectivity index (χ1) is 11.1. The number of ketones is 1. The summed E-state index contributed by atoms with van der Waals surface area (Å²) in [7, 11) is 0. The third kappa shape index (κ3) is 3.30. The van der Waals surface area contributed by atoms with Crippen molar-refractivity contribution < 1.29 is 14.4 Å². The maximum absolute atomic E-state index is 12.4. The molecule has 0 radical (unpaired) electrons. The quantitative estimate of drug-likeness (QED) is 0.788. The summed E-state index contributed by atoms with van der Waals surface area (Å²) >= 11 is 0. The fraction of sp³-hybridized carbons (Fsp3) is 0.632. The maximum Gasteiger partial charge on any atom is 0.337 e. The van der Waals surface area contributed by atoms with Gasteiger partial charge in [0.2, 0.25) is 0 Å². The third-order valence-electron chi connectivity index (χ3n) is 4.61. The molecule has 1 aromatic rings. The maximum atomic E-state index is 12.4. The number of carbonyl (C=O) groups is 2. The summed E-state index contributed by atoms with van der Waals surface area (Å²) in [5.41, 5.74) is 1.40. The average Bonchev–Trinajstić information content (AvgIpc) is 3.24. The van der Waals surface area contributed by atoms with Gasteiger partial charge in [-0.1, -0.05) is 13.8 Å². The highest BCUT2D eigenvalue weighted by atomic mass is 16.7. The van der Waals surface area contributed by atoms with E-state index in [0.717, 1.165) is 24.2 Å². The number of hydroxylamine groups is 1. The molecule has 0 unspecified atom stereocenters. The van der Waals surface area contributed by atoms with Gasteiger partial charge in [0, 0.05) is 23.6 Å². The number of Topliss-reactive ketones (excluding diaryl/α,β-unsaturated/α-hetero) is 1. The Bertz CT molecular complexity index is 684. The van der Waals surface area contributed by atoms with Gasteiger partial charge in [-0.2, -0.15) is 0 Å². The second-order valence-electron chi connectivity index (χ2n) is 8.71. The lowest BCUT2D eigenvalue weighted by Crippen LogP contribution is -2.35. The first-order valence-electron chi connectivity index (χ1n) is 8.61. The Hall–Kier alpha value is -1.91. The highest BCUT2D eigenvalue weighted by molar-refractivity contribution is 5.97. The van der Waals surface area contributed by atoms with Crippen LogP contribution in [-0.4, -0.2) is 23.3 Å². The highest BCUT2D eigenvalue weighted by Gasteiger charge is 2.40. The van der Waals surface area contributed by atoms with E-state index in [0.29, 0.717) is 24.4 Å². The Kier molecular flexibility index (Phi) is 3.93. The number of aromatic nitrogens is 1. The molecule has 3 rings (SSSR count). The molecule has 0 N–H and O–H groups in total. The van der Waals surface area contributed by atoms with Gasteiger partial charge in [-0.05, 0) is 45.6 Å². The minimum Gasteiger partial charge on any atom is -0.340 e. The molecular formula is C19H26N2O3. The highest BCUT2D eigenvalue weighted by Crippen LogP contribution is 2.41. The van der Waals surface area contributed by atoms with E-state index in [9.17, 15) is 9.59 Å². The van der Waals surface area contributed by atoms with Crippen LogP contribution in [0, 0.1) is 11.3 Å². The number of carbonyl (C=O) groups excluding carboxylic acids is 2. The summed E-state index contributed by atoms with van der Waals surface area (Å²) in [5, 5.41) is 1.60. The van der Waals surface area contributed by atoms with Gasteiger partial charge in [-0.25, -0.2) is 9.86 Å². The molecule has 1 aliphatic heterocycles. The van der Waals surface area contributed by atoms with E-state index < -0.39 is 5.41 Å². The summed E-state index contributed by atoms with van der Waals surface area (Å²) in [5.74, 6) is 0.373. The van der Waals surface area contributed by atoms with E-state index in [1.807, 2.05) is 26.8 Å². The van der Waals surface area contributed by atoms with Crippen molar-refractivity contribution >= 4 is 17.4 Å². The van der Waals surface area contributed by atoms with Gasteiger partial charge in [-0.15, -0.1) is 0 Å². The molecule has 2 aliphatic rings. The SMILES string of the molecule is CC(C)(C)C(=O)ON1CC(C)(C)c2ncc(C(=O)CC3CC3)cc21. The molecule has 1 saturated carbocycles. The molecule has 0 spiro atoms. The number of anilines is 1. The number of rotatable bonds is 4. The minimum atomic E-state index is -0.584. The summed E-state index contributed by atoms with van der Waals surface area (Å²) in [6.07, 6.45) is 4.55. The molecule has 0 bridgehead atoms. The zero-order chi connectivity index (χ0) is 17.7. The van der Waals surface area contributed by atoms with Crippen LogP contribution >= 0.6 is 0 Å². The molecule has 1 fully saturated rings.